The Morgan fingerprint density at radius 3 is 2.70 bits per heavy atom. The Morgan fingerprint density at radius 1 is 1.09 bits per heavy atom. The highest BCUT2D eigenvalue weighted by atomic mass is 32.1. The maximum absolute atomic E-state index is 12.7. The van der Waals surface area contributed by atoms with Gasteiger partial charge in [0.25, 0.3) is 5.56 Å². The normalized spacial score (nSPS) is 12.6. The van der Waals surface area contributed by atoms with Crippen LogP contribution in [-0.4, -0.2) is 25.0 Å². The van der Waals surface area contributed by atoms with Crippen molar-refractivity contribution in [1.82, 2.24) is 3.96 Å². The van der Waals surface area contributed by atoms with E-state index in [1.165, 1.54) is 11.5 Å². The fourth-order valence-corrected chi connectivity index (χ4v) is 3.68. The summed E-state index contributed by atoms with van der Waals surface area (Å²) in [6, 6.07) is 8.90. The first kappa shape index (κ1) is 14.0. The number of benzene rings is 2. The second-order valence-corrected chi connectivity index (χ2v) is 5.86. The van der Waals surface area contributed by atoms with Crippen LogP contribution in [0.5, 0.6) is 23.0 Å². The molecule has 1 aromatic heterocycles. The van der Waals surface area contributed by atoms with Crippen molar-refractivity contribution in [3.63, 3.8) is 0 Å². The van der Waals surface area contributed by atoms with Gasteiger partial charge in [-0.3, -0.25) is 4.79 Å². The van der Waals surface area contributed by atoms with Gasteiger partial charge in [-0.05, 0) is 35.8 Å². The fourth-order valence-electron chi connectivity index (χ4n) is 2.58. The van der Waals surface area contributed by atoms with Crippen molar-refractivity contribution >= 4 is 21.6 Å². The van der Waals surface area contributed by atoms with E-state index in [4.69, 9.17) is 18.9 Å². The predicted molar refractivity (Wildman–Crippen MR) is 86.6 cm³/mol. The summed E-state index contributed by atoms with van der Waals surface area (Å²) >= 11 is 1.31. The van der Waals surface area contributed by atoms with Gasteiger partial charge in [0.1, 0.15) is 4.70 Å². The summed E-state index contributed by atoms with van der Waals surface area (Å²) in [5, 5.41) is 0.588. The van der Waals surface area contributed by atoms with Crippen LogP contribution in [-0.2, 0) is 0 Å². The number of fused-ring (bicyclic) bond motifs is 2. The highest BCUT2D eigenvalue weighted by molar-refractivity contribution is 7.14. The molecule has 6 nitrogen and oxygen atoms in total. The molecule has 0 N–H and O–H groups in total. The number of hydrogen-bond donors (Lipinski definition) is 0. The van der Waals surface area contributed by atoms with Gasteiger partial charge in [-0.25, -0.2) is 3.96 Å². The van der Waals surface area contributed by atoms with Crippen molar-refractivity contribution in [2.24, 2.45) is 0 Å². The van der Waals surface area contributed by atoms with E-state index < -0.39 is 0 Å². The molecule has 7 heteroatoms. The average molecular weight is 331 g/mol. The smallest absolute Gasteiger partial charge is 0.273 e. The number of methoxy groups -OCH3 is 2. The third-order valence-electron chi connectivity index (χ3n) is 3.69. The zero-order valence-electron chi connectivity index (χ0n) is 12.5. The van der Waals surface area contributed by atoms with Crippen molar-refractivity contribution in [2.75, 3.05) is 21.0 Å². The van der Waals surface area contributed by atoms with E-state index >= 15 is 0 Å². The molecule has 118 valence electrons. The second-order valence-electron chi connectivity index (χ2n) is 4.91. The minimum atomic E-state index is -0.107. The van der Waals surface area contributed by atoms with Crippen LogP contribution in [0.25, 0.3) is 15.8 Å². The Hall–Kier alpha value is -2.67. The summed E-state index contributed by atoms with van der Waals surface area (Å²) in [7, 11) is 3.13. The molecule has 0 saturated heterocycles. The summed E-state index contributed by atoms with van der Waals surface area (Å²) in [6.07, 6.45) is 0. The molecule has 2 heterocycles. The van der Waals surface area contributed by atoms with E-state index in [2.05, 4.69) is 0 Å². The molecule has 0 unspecified atom stereocenters. The lowest BCUT2D eigenvalue weighted by atomic mass is 10.2. The minimum absolute atomic E-state index is 0.107. The molecule has 0 bridgehead atoms. The van der Waals surface area contributed by atoms with Gasteiger partial charge in [-0.1, -0.05) is 0 Å². The molecule has 1 aliphatic heterocycles. The molecule has 0 fully saturated rings. The Balaban J connectivity index is 1.94. The quantitative estimate of drug-likeness (QED) is 0.739. The van der Waals surface area contributed by atoms with Gasteiger partial charge in [0.2, 0.25) is 6.79 Å². The summed E-state index contributed by atoms with van der Waals surface area (Å²) in [5.74, 6) is 2.48. The van der Waals surface area contributed by atoms with Crippen molar-refractivity contribution in [2.45, 2.75) is 0 Å². The first-order valence-electron chi connectivity index (χ1n) is 6.90. The third kappa shape index (κ3) is 2.04. The molecule has 4 rings (SSSR count). The highest BCUT2D eigenvalue weighted by Crippen LogP contribution is 2.39. The van der Waals surface area contributed by atoms with E-state index in [-0.39, 0.29) is 12.4 Å². The Bertz CT molecular complexity index is 959. The zero-order valence-corrected chi connectivity index (χ0v) is 13.3. The van der Waals surface area contributed by atoms with Crippen LogP contribution in [0.4, 0.5) is 0 Å². The Morgan fingerprint density at radius 2 is 1.91 bits per heavy atom. The summed E-state index contributed by atoms with van der Waals surface area (Å²) in [4.78, 5) is 12.7. The van der Waals surface area contributed by atoms with Gasteiger partial charge in [0.05, 0.1) is 25.3 Å². The van der Waals surface area contributed by atoms with Crippen molar-refractivity contribution < 1.29 is 18.9 Å². The Kier molecular flexibility index (Phi) is 3.16. The monoisotopic (exact) mass is 331 g/mol. The largest absolute Gasteiger partial charge is 0.493 e. The lowest BCUT2D eigenvalue weighted by Crippen LogP contribution is -2.10. The fraction of sp³-hybridized carbons (Fsp3) is 0.188. The molecule has 3 aromatic rings. The van der Waals surface area contributed by atoms with Crippen LogP contribution in [0.15, 0.2) is 35.1 Å². The van der Waals surface area contributed by atoms with E-state index in [0.717, 1.165) is 10.4 Å². The molecule has 0 saturated carbocycles. The standard InChI is InChI=1S/C16H13NO5S/c1-19-12-6-4-10-15(14(12)20-2)23-17(16(10)18)9-3-5-11-13(7-9)22-8-21-11/h3-7H,8H2,1-2H3. The van der Waals surface area contributed by atoms with Gasteiger partial charge < -0.3 is 18.9 Å². The maximum atomic E-state index is 12.7. The van der Waals surface area contributed by atoms with Gasteiger partial charge in [-0.2, -0.15) is 0 Å². The highest BCUT2D eigenvalue weighted by Gasteiger charge is 2.19. The van der Waals surface area contributed by atoms with Crippen LogP contribution in [0.3, 0.4) is 0 Å². The molecular formula is C16H13NO5S. The molecule has 0 spiro atoms. The lowest BCUT2D eigenvalue weighted by molar-refractivity contribution is 0.174. The number of aromatic nitrogens is 1. The van der Waals surface area contributed by atoms with Crippen LogP contribution in [0, 0.1) is 0 Å². The number of nitrogens with zero attached hydrogens (tertiary/aromatic N) is 1. The van der Waals surface area contributed by atoms with Gasteiger partial charge in [0, 0.05) is 6.07 Å². The predicted octanol–water partition coefficient (Wildman–Crippen LogP) is 2.80. The molecule has 0 atom stereocenters. The summed E-state index contributed by atoms with van der Waals surface area (Å²) in [5.41, 5.74) is 0.617. The minimum Gasteiger partial charge on any atom is -0.493 e. The molecular weight excluding hydrogens is 318 g/mol. The van der Waals surface area contributed by atoms with Crippen molar-refractivity contribution in [3.8, 4) is 28.7 Å². The number of ether oxygens (including phenoxy) is 4. The second kappa shape index (κ2) is 5.20. The van der Waals surface area contributed by atoms with Gasteiger partial charge in [-0.15, -0.1) is 0 Å². The van der Waals surface area contributed by atoms with E-state index in [0.29, 0.717) is 28.4 Å². The first-order valence-corrected chi connectivity index (χ1v) is 7.67. The van der Waals surface area contributed by atoms with Gasteiger partial charge >= 0.3 is 0 Å². The first-order chi connectivity index (χ1) is 11.2. The molecule has 1 aliphatic rings. The van der Waals surface area contributed by atoms with E-state index in [1.807, 2.05) is 6.07 Å². The average Bonchev–Trinajstić information content (AvgIpc) is 3.17. The van der Waals surface area contributed by atoms with E-state index in [9.17, 15) is 4.79 Å². The number of hydrogen-bond acceptors (Lipinski definition) is 6. The maximum Gasteiger partial charge on any atom is 0.273 e. The number of rotatable bonds is 3. The van der Waals surface area contributed by atoms with Crippen molar-refractivity contribution in [3.05, 3.63) is 40.7 Å². The molecule has 0 aliphatic carbocycles. The lowest BCUT2D eigenvalue weighted by Gasteiger charge is -2.06. The van der Waals surface area contributed by atoms with Crippen LogP contribution < -0.4 is 24.5 Å². The van der Waals surface area contributed by atoms with Crippen LogP contribution in [0.2, 0.25) is 0 Å². The molecule has 0 radical (unpaired) electrons. The van der Waals surface area contributed by atoms with Crippen LogP contribution >= 0.6 is 11.5 Å². The van der Waals surface area contributed by atoms with Crippen LogP contribution in [0.1, 0.15) is 0 Å². The van der Waals surface area contributed by atoms with Gasteiger partial charge in [0.15, 0.2) is 23.0 Å². The molecule has 0 amide bonds. The topological polar surface area (TPSA) is 58.9 Å². The SMILES string of the molecule is COc1ccc2c(=O)n(-c3ccc4c(c3)OCO4)sc2c1OC. The molecule has 23 heavy (non-hydrogen) atoms. The molecule has 2 aromatic carbocycles. The Labute approximate surface area is 135 Å². The summed E-state index contributed by atoms with van der Waals surface area (Å²) < 4.78 is 23.7. The van der Waals surface area contributed by atoms with E-state index in [1.54, 1.807) is 42.4 Å². The zero-order chi connectivity index (χ0) is 16.0. The summed E-state index contributed by atoms with van der Waals surface area (Å²) in [6.45, 7) is 0.200. The third-order valence-corrected chi connectivity index (χ3v) is 4.84. The van der Waals surface area contributed by atoms with Crippen molar-refractivity contribution in [1.29, 1.82) is 0 Å².